The molecule has 0 spiro atoms. The first-order valence-corrected chi connectivity index (χ1v) is 9.86. The van der Waals surface area contributed by atoms with E-state index < -0.39 is 6.03 Å². The summed E-state index contributed by atoms with van der Waals surface area (Å²) in [5, 5.41) is 14.7. The molecule has 0 bridgehead atoms. The number of urea groups is 1. The van der Waals surface area contributed by atoms with Crippen LogP contribution < -0.4 is 20.1 Å². The monoisotopic (exact) mass is 414 g/mol. The number of hydrogen-bond donors (Lipinski definition) is 2. The van der Waals surface area contributed by atoms with Gasteiger partial charge in [0.15, 0.2) is 11.5 Å². The number of ether oxygens (including phenoxy) is 2. The van der Waals surface area contributed by atoms with Gasteiger partial charge in [-0.1, -0.05) is 29.8 Å². The molecule has 7 nitrogen and oxygen atoms in total. The van der Waals surface area contributed by atoms with E-state index in [0.717, 1.165) is 17.5 Å². The smallest absolute Gasteiger partial charge is 0.323 e. The molecule has 4 rings (SSSR count). The highest BCUT2D eigenvalue weighted by Gasteiger charge is 2.32. The van der Waals surface area contributed by atoms with E-state index in [-0.39, 0.29) is 17.2 Å². The van der Waals surface area contributed by atoms with Crippen LogP contribution in [0.3, 0.4) is 0 Å². The van der Waals surface area contributed by atoms with E-state index in [4.69, 9.17) is 9.47 Å². The molecule has 2 heterocycles. The molecule has 31 heavy (non-hydrogen) atoms. The van der Waals surface area contributed by atoms with Crippen LogP contribution in [0.25, 0.3) is 0 Å². The zero-order valence-electron chi connectivity index (χ0n) is 17.5. The minimum absolute atomic E-state index is 0.166. The Morgan fingerprint density at radius 3 is 2.71 bits per heavy atom. The molecule has 0 unspecified atom stereocenters. The fraction of sp³-hybridized carbons (Fsp3) is 0.208. The highest BCUT2D eigenvalue weighted by atomic mass is 16.5. The van der Waals surface area contributed by atoms with Crippen molar-refractivity contribution in [2.45, 2.75) is 32.8 Å². The summed E-state index contributed by atoms with van der Waals surface area (Å²) >= 11 is 0. The lowest BCUT2D eigenvalue weighted by atomic mass is 10.0. The van der Waals surface area contributed by atoms with Gasteiger partial charge in [-0.2, -0.15) is 5.26 Å². The number of benzene rings is 2. The van der Waals surface area contributed by atoms with Crippen molar-refractivity contribution < 1.29 is 14.3 Å². The van der Waals surface area contributed by atoms with Crippen molar-refractivity contribution in [3.63, 3.8) is 0 Å². The van der Waals surface area contributed by atoms with Crippen LogP contribution in [0.15, 0.2) is 54.7 Å². The second-order valence-corrected chi connectivity index (χ2v) is 8.02. The van der Waals surface area contributed by atoms with Crippen molar-refractivity contribution in [2.75, 3.05) is 10.6 Å². The Labute approximate surface area is 180 Å². The second-order valence-electron chi connectivity index (χ2n) is 8.02. The Balaban J connectivity index is 1.59. The zero-order chi connectivity index (χ0) is 22.0. The van der Waals surface area contributed by atoms with Gasteiger partial charge in [0.2, 0.25) is 5.88 Å². The number of para-hydroxylation sites is 1. The molecule has 1 aliphatic rings. The first-order valence-electron chi connectivity index (χ1n) is 9.86. The quantitative estimate of drug-likeness (QED) is 0.595. The van der Waals surface area contributed by atoms with Crippen LogP contribution in [-0.4, -0.2) is 16.6 Å². The average molecular weight is 414 g/mol. The average Bonchev–Trinajstić information content (AvgIpc) is 3.06. The number of fused-ring (bicyclic) bond motifs is 1. The number of carbonyl (C=O) groups is 1. The van der Waals surface area contributed by atoms with Crippen molar-refractivity contribution in [1.29, 1.82) is 5.26 Å². The number of aryl methyl sites for hydroxylation is 1. The van der Waals surface area contributed by atoms with Crippen molar-refractivity contribution >= 4 is 17.4 Å². The number of rotatable bonds is 4. The third-order valence-corrected chi connectivity index (χ3v) is 4.80. The number of nitriles is 1. The number of amides is 2. The van der Waals surface area contributed by atoms with Gasteiger partial charge in [-0.05, 0) is 45.0 Å². The van der Waals surface area contributed by atoms with E-state index in [1.165, 1.54) is 12.3 Å². The normalized spacial score (nSPS) is 13.5. The number of hydrogen-bond acceptors (Lipinski definition) is 5. The van der Waals surface area contributed by atoms with Gasteiger partial charge in [-0.25, -0.2) is 9.78 Å². The van der Waals surface area contributed by atoms with Crippen LogP contribution in [0, 0.1) is 18.3 Å². The van der Waals surface area contributed by atoms with E-state index in [0.29, 0.717) is 22.7 Å². The standard InChI is InChI=1S/C24H22N4O3/c1-15-7-9-18(10-8-15)27-23(29)28-19-11-16(13-25)14-26-22(19)30-20-6-4-5-17-12-24(2,3)31-21(17)20/h4-11,14H,12H2,1-3H3,(H2,27,28,29). The molecule has 0 saturated heterocycles. The van der Waals surface area contributed by atoms with Crippen molar-refractivity contribution in [3.05, 3.63) is 71.4 Å². The lowest BCUT2D eigenvalue weighted by Gasteiger charge is -2.18. The summed E-state index contributed by atoms with van der Waals surface area (Å²) in [6.07, 6.45) is 2.16. The van der Waals surface area contributed by atoms with E-state index in [9.17, 15) is 10.1 Å². The van der Waals surface area contributed by atoms with E-state index in [1.54, 1.807) is 6.07 Å². The molecule has 7 heteroatoms. The summed E-state index contributed by atoms with van der Waals surface area (Å²) in [6.45, 7) is 6.00. The van der Waals surface area contributed by atoms with E-state index in [1.807, 2.05) is 63.2 Å². The molecule has 0 saturated carbocycles. The zero-order valence-corrected chi connectivity index (χ0v) is 17.5. The third kappa shape index (κ3) is 4.59. The lowest BCUT2D eigenvalue weighted by Crippen LogP contribution is -2.24. The molecule has 0 radical (unpaired) electrons. The van der Waals surface area contributed by atoms with Gasteiger partial charge in [-0.3, -0.25) is 0 Å². The summed E-state index contributed by atoms with van der Waals surface area (Å²) in [7, 11) is 0. The molecule has 3 aromatic rings. The highest BCUT2D eigenvalue weighted by molar-refractivity contribution is 6.00. The minimum Gasteiger partial charge on any atom is -0.483 e. The van der Waals surface area contributed by atoms with Gasteiger partial charge in [0.1, 0.15) is 17.4 Å². The number of nitrogens with zero attached hydrogens (tertiary/aromatic N) is 2. The van der Waals surface area contributed by atoms with Gasteiger partial charge in [0.05, 0.1) is 5.56 Å². The number of pyridine rings is 1. The maximum atomic E-state index is 12.5. The van der Waals surface area contributed by atoms with Crippen molar-refractivity contribution in [3.8, 4) is 23.4 Å². The van der Waals surface area contributed by atoms with Crippen LogP contribution in [0.4, 0.5) is 16.2 Å². The fourth-order valence-corrected chi connectivity index (χ4v) is 3.38. The number of nitrogens with one attached hydrogen (secondary N) is 2. The lowest BCUT2D eigenvalue weighted by molar-refractivity contribution is 0.135. The van der Waals surface area contributed by atoms with Crippen LogP contribution >= 0.6 is 0 Å². The Morgan fingerprint density at radius 1 is 1.19 bits per heavy atom. The maximum absolute atomic E-state index is 12.5. The van der Waals surface area contributed by atoms with Gasteiger partial charge in [-0.15, -0.1) is 0 Å². The Morgan fingerprint density at radius 2 is 1.97 bits per heavy atom. The molecule has 0 aliphatic carbocycles. The third-order valence-electron chi connectivity index (χ3n) is 4.80. The fourth-order valence-electron chi connectivity index (χ4n) is 3.38. The summed E-state index contributed by atoms with van der Waals surface area (Å²) in [4.78, 5) is 16.8. The first-order chi connectivity index (χ1) is 14.8. The SMILES string of the molecule is Cc1ccc(NC(=O)Nc2cc(C#N)cnc2Oc2cccc3c2OC(C)(C)C3)cc1. The molecule has 1 aromatic heterocycles. The summed E-state index contributed by atoms with van der Waals surface area (Å²) in [6, 6.07) is 16.2. The molecule has 2 N–H and O–H groups in total. The van der Waals surface area contributed by atoms with Crippen molar-refractivity contribution in [1.82, 2.24) is 4.98 Å². The molecule has 2 amide bonds. The van der Waals surface area contributed by atoms with Gasteiger partial charge in [0, 0.05) is 23.9 Å². The van der Waals surface area contributed by atoms with Crippen LogP contribution in [0.2, 0.25) is 0 Å². The second kappa shape index (κ2) is 8.00. The number of anilines is 2. The largest absolute Gasteiger partial charge is 0.483 e. The van der Waals surface area contributed by atoms with Crippen molar-refractivity contribution in [2.24, 2.45) is 0 Å². The molecule has 0 atom stereocenters. The first kappa shape index (κ1) is 20.2. The highest BCUT2D eigenvalue weighted by Crippen LogP contribution is 2.44. The summed E-state index contributed by atoms with van der Waals surface area (Å²) in [5.74, 6) is 1.33. The van der Waals surface area contributed by atoms with Gasteiger partial charge < -0.3 is 20.1 Å². The maximum Gasteiger partial charge on any atom is 0.323 e. The van der Waals surface area contributed by atoms with Gasteiger partial charge in [0.25, 0.3) is 0 Å². The van der Waals surface area contributed by atoms with E-state index in [2.05, 4.69) is 15.6 Å². The minimum atomic E-state index is -0.471. The van der Waals surface area contributed by atoms with E-state index >= 15 is 0 Å². The Kier molecular flexibility index (Phi) is 5.22. The van der Waals surface area contributed by atoms with Crippen LogP contribution in [0.5, 0.6) is 17.4 Å². The molecular formula is C24H22N4O3. The molecule has 0 fully saturated rings. The molecular weight excluding hydrogens is 392 g/mol. The summed E-state index contributed by atoms with van der Waals surface area (Å²) in [5.41, 5.74) is 3.03. The molecule has 156 valence electrons. The summed E-state index contributed by atoms with van der Waals surface area (Å²) < 4.78 is 12.1. The predicted octanol–water partition coefficient (Wildman–Crippen LogP) is 5.41. The van der Waals surface area contributed by atoms with Crippen LogP contribution in [-0.2, 0) is 6.42 Å². The topological polar surface area (TPSA) is 96.3 Å². The van der Waals surface area contributed by atoms with Gasteiger partial charge >= 0.3 is 6.03 Å². The number of aromatic nitrogens is 1. The Hall–Kier alpha value is -4.05. The molecule has 1 aliphatic heterocycles. The molecule has 2 aromatic carbocycles. The van der Waals surface area contributed by atoms with Crippen LogP contribution in [0.1, 0.15) is 30.5 Å². The predicted molar refractivity (Wildman–Crippen MR) is 118 cm³/mol. The Bertz CT molecular complexity index is 1180. The number of carbonyl (C=O) groups excluding carboxylic acids is 1.